The molecule has 3 nitrogen and oxygen atoms in total. The second-order valence-corrected chi connectivity index (χ2v) is 4.49. The zero-order chi connectivity index (χ0) is 11.1. The first-order chi connectivity index (χ1) is 7.79. The summed E-state index contributed by atoms with van der Waals surface area (Å²) in [6, 6.07) is 8.33. The average Bonchev–Trinajstić information content (AvgIpc) is 3.12. The van der Waals surface area contributed by atoms with E-state index in [4.69, 9.17) is 10.8 Å². The molecule has 1 fully saturated rings. The Kier molecular flexibility index (Phi) is 2.07. The topological polar surface area (TPSA) is 50.9 Å². The zero-order valence-corrected chi connectivity index (χ0v) is 9.33. The predicted molar refractivity (Wildman–Crippen MR) is 66.3 cm³/mol. The van der Waals surface area contributed by atoms with E-state index >= 15 is 0 Å². The van der Waals surface area contributed by atoms with Crippen LogP contribution in [0.25, 0.3) is 10.9 Å². The van der Waals surface area contributed by atoms with Crippen molar-refractivity contribution >= 4 is 16.6 Å². The Bertz CT molecular complexity index is 544. The molecule has 0 unspecified atom stereocenters. The largest absolute Gasteiger partial charge is 0.322 e. The van der Waals surface area contributed by atoms with Crippen molar-refractivity contribution in [1.82, 2.24) is 4.98 Å². The third-order valence-corrected chi connectivity index (χ3v) is 3.20. The van der Waals surface area contributed by atoms with Crippen LogP contribution in [0.3, 0.4) is 0 Å². The van der Waals surface area contributed by atoms with Crippen LogP contribution in [0.2, 0.25) is 0 Å². The van der Waals surface area contributed by atoms with Gasteiger partial charge < -0.3 is 5.43 Å². The van der Waals surface area contributed by atoms with Gasteiger partial charge in [0.2, 0.25) is 0 Å². The van der Waals surface area contributed by atoms with Crippen LogP contribution in [0.15, 0.2) is 24.3 Å². The Morgan fingerprint density at radius 3 is 2.88 bits per heavy atom. The fraction of sp³-hybridized carbons (Fsp3) is 0.308. The first kappa shape index (κ1) is 9.60. The molecular formula is C13H15N3. The molecule has 0 spiro atoms. The van der Waals surface area contributed by atoms with Gasteiger partial charge in [-0.1, -0.05) is 18.2 Å². The minimum atomic E-state index is 0.607. The van der Waals surface area contributed by atoms with Crippen LogP contribution < -0.4 is 11.3 Å². The van der Waals surface area contributed by atoms with E-state index in [2.05, 4.69) is 36.6 Å². The summed E-state index contributed by atoms with van der Waals surface area (Å²) in [7, 11) is 0. The molecule has 3 heteroatoms. The van der Waals surface area contributed by atoms with Crippen molar-refractivity contribution in [3.05, 3.63) is 35.5 Å². The van der Waals surface area contributed by atoms with Crippen molar-refractivity contribution in [2.24, 2.45) is 5.84 Å². The highest BCUT2D eigenvalue weighted by atomic mass is 15.2. The number of hydrazine groups is 1. The maximum atomic E-state index is 5.56. The molecule has 0 radical (unpaired) electrons. The highest BCUT2D eigenvalue weighted by Crippen LogP contribution is 2.43. The standard InChI is InChI=1S/C13H15N3/c1-8-3-2-4-10-7-11(16-14)13(9-5-6-9)15-12(8)10/h2-4,7,9,16H,5-6,14H2,1H3. The lowest BCUT2D eigenvalue weighted by Gasteiger charge is -2.10. The zero-order valence-electron chi connectivity index (χ0n) is 9.33. The first-order valence-electron chi connectivity index (χ1n) is 5.66. The lowest BCUT2D eigenvalue weighted by molar-refractivity contribution is 1.04. The number of nitrogens with two attached hydrogens (primary N) is 1. The van der Waals surface area contributed by atoms with Gasteiger partial charge in [0, 0.05) is 11.3 Å². The number of benzene rings is 1. The summed E-state index contributed by atoms with van der Waals surface area (Å²) in [5.41, 5.74) is 7.19. The van der Waals surface area contributed by atoms with Crippen LogP contribution in [-0.4, -0.2) is 4.98 Å². The molecule has 0 aliphatic heterocycles. The second kappa shape index (κ2) is 3.46. The van der Waals surface area contributed by atoms with Gasteiger partial charge in [-0.15, -0.1) is 0 Å². The average molecular weight is 213 g/mol. The third kappa shape index (κ3) is 1.44. The summed E-state index contributed by atoms with van der Waals surface area (Å²) in [4.78, 5) is 4.77. The fourth-order valence-corrected chi connectivity index (χ4v) is 2.14. The molecule has 0 atom stereocenters. The van der Waals surface area contributed by atoms with Gasteiger partial charge in [0.25, 0.3) is 0 Å². The van der Waals surface area contributed by atoms with E-state index < -0.39 is 0 Å². The summed E-state index contributed by atoms with van der Waals surface area (Å²) in [5.74, 6) is 6.16. The number of para-hydroxylation sites is 1. The van der Waals surface area contributed by atoms with E-state index in [9.17, 15) is 0 Å². The number of nitrogens with zero attached hydrogens (tertiary/aromatic N) is 1. The molecule has 82 valence electrons. The number of nitrogens with one attached hydrogen (secondary N) is 1. The SMILES string of the molecule is Cc1cccc2cc(NN)c(C3CC3)nc12. The Morgan fingerprint density at radius 2 is 2.19 bits per heavy atom. The molecular weight excluding hydrogens is 198 g/mol. The number of hydrogen-bond donors (Lipinski definition) is 2. The van der Waals surface area contributed by atoms with E-state index in [1.54, 1.807) is 0 Å². The molecule has 1 aliphatic carbocycles. The van der Waals surface area contributed by atoms with Crippen LogP contribution in [0, 0.1) is 6.92 Å². The number of fused-ring (bicyclic) bond motifs is 1. The molecule has 1 saturated carbocycles. The van der Waals surface area contributed by atoms with E-state index in [1.807, 2.05) is 0 Å². The number of pyridine rings is 1. The van der Waals surface area contributed by atoms with Crippen molar-refractivity contribution in [1.29, 1.82) is 0 Å². The molecule has 0 saturated heterocycles. The lowest BCUT2D eigenvalue weighted by atomic mass is 10.1. The Morgan fingerprint density at radius 1 is 1.38 bits per heavy atom. The molecule has 3 rings (SSSR count). The van der Waals surface area contributed by atoms with Crippen molar-refractivity contribution in [3.8, 4) is 0 Å². The number of hydrogen-bond acceptors (Lipinski definition) is 3. The van der Waals surface area contributed by atoms with Crippen molar-refractivity contribution in [2.75, 3.05) is 5.43 Å². The molecule has 0 amide bonds. The maximum Gasteiger partial charge on any atom is 0.0736 e. The van der Waals surface area contributed by atoms with Crippen molar-refractivity contribution in [3.63, 3.8) is 0 Å². The monoisotopic (exact) mass is 213 g/mol. The lowest BCUT2D eigenvalue weighted by Crippen LogP contribution is -2.10. The highest BCUT2D eigenvalue weighted by Gasteiger charge is 2.28. The summed E-state index contributed by atoms with van der Waals surface area (Å²) in [5, 5.41) is 1.15. The van der Waals surface area contributed by atoms with Crippen LogP contribution >= 0.6 is 0 Å². The van der Waals surface area contributed by atoms with Gasteiger partial charge in [0.15, 0.2) is 0 Å². The molecule has 1 aromatic heterocycles. The Balaban J connectivity index is 2.28. The summed E-state index contributed by atoms with van der Waals surface area (Å²) < 4.78 is 0. The summed E-state index contributed by atoms with van der Waals surface area (Å²) >= 11 is 0. The molecule has 16 heavy (non-hydrogen) atoms. The molecule has 0 bridgehead atoms. The van der Waals surface area contributed by atoms with Gasteiger partial charge in [-0.25, -0.2) is 0 Å². The van der Waals surface area contributed by atoms with Gasteiger partial charge in [-0.05, 0) is 31.4 Å². The first-order valence-corrected chi connectivity index (χ1v) is 5.66. The van der Waals surface area contributed by atoms with Gasteiger partial charge in [0.1, 0.15) is 0 Å². The van der Waals surface area contributed by atoms with Crippen molar-refractivity contribution < 1.29 is 0 Å². The van der Waals surface area contributed by atoms with Crippen molar-refractivity contribution in [2.45, 2.75) is 25.7 Å². The van der Waals surface area contributed by atoms with E-state index in [-0.39, 0.29) is 0 Å². The molecule has 1 aromatic carbocycles. The maximum absolute atomic E-state index is 5.56. The van der Waals surface area contributed by atoms with Crippen LogP contribution in [0.5, 0.6) is 0 Å². The normalized spacial score (nSPS) is 15.4. The smallest absolute Gasteiger partial charge is 0.0736 e. The van der Waals surface area contributed by atoms with Gasteiger partial charge >= 0.3 is 0 Å². The second-order valence-electron chi connectivity index (χ2n) is 4.49. The highest BCUT2D eigenvalue weighted by molar-refractivity contribution is 5.85. The number of nitrogen functional groups attached to an aromatic ring is 1. The van der Waals surface area contributed by atoms with Crippen LogP contribution in [0.1, 0.15) is 30.0 Å². The summed E-state index contributed by atoms with van der Waals surface area (Å²) in [6.45, 7) is 2.10. The Labute approximate surface area is 94.6 Å². The number of anilines is 1. The Hall–Kier alpha value is -1.61. The minimum Gasteiger partial charge on any atom is -0.322 e. The van der Waals surface area contributed by atoms with E-state index in [1.165, 1.54) is 18.4 Å². The number of aromatic nitrogens is 1. The number of aryl methyl sites for hydroxylation is 1. The van der Waals surface area contributed by atoms with Gasteiger partial charge in [-0.2, -0.15) is 0 Å². The van der Waals surface area contributed by atoms with Gasteiger partial charge in [-0.3, -0.25) is 10.8 Å². The van der Waals surface area contributed by atoms with Crippen LogP contribution in [-0.2, 0) is 0 Å². The molecule has 2 aromatic rings. The van der Waals surface area contributed by atoms with E-state index in [0.29, 0.717) is 5.92 Å². The molecule has 1 heterocycles. The fourth-order valence-electron chi connectivity index (χ4n) is 2.14. The van der Waals surface area contributed by atoms with Crippen LogP contribution in [0.4, 0.5) is 5.69 Å². The van der Waals surface area contributed by atoms with Gasteiger partial charge in [0.05, 0.1) is 16.9 Å². The molecule has 3 N–H and O–H groups in total. The molecule has 1 aliphatic rings. The quantitative estimate of drug-likeness (QED) is 0.595. The predicted octanol–water partition coefficient (Wildman–Crippen LogP) is 2.71. The third-order valence-electron chi connectivity index (χ3n) is 3.20. The summed E-state index contributed by atoms with van der Waals surface area (Å²) in [6.07, 6.45) is 2.47. The minimum absolute atomic E-state index is 0.607. The van der Waals surface area contributed by atoms with E-state index in [0.717, 1.165) is 22.3 Å². The number of rotatable bonds is 2.